The third kappa shape index (κ3) is 2.60. The molecule has 0 bridgehead atoms. The first-order chi connectivity index (χ1) is 9.58. The van der Waals surface area contributed by atoms with E-state index in [1.807, 2.05) is 25.1 Å². The van der Waals surface area contributed by atoms with Gasteiger partial charge in [-0.05, 0) is 42.2 Å². The first kappa shape index (κ1) is 14.3. The number of hydrogen-bond acceptors (Lipinski definition) is 2. The molecule has 20 heavy (non-hydrogen) atoms. The summed E-state index contributed by atoms with van der Waals surface area (Å²) in [5, 5.41) is 0. The zero-order chi connectivity index (χ0) is 14.7. The molecule has 2 heteroatoms. The topological polar surface area (TPSA) is 26.3 Å². The molecule has 0 fully saturated rings. The van der Waals surface area contributed by atoms with Gasteiger partial charge in [-0.2, -0.15) is 0 Å². The second-order valence-electron chi connectivity index (χ2n) is 5.15. The number of rotatable bonds is 4. The second-order valence-corrected chi connectivity index (χ2v) is 5.15. The minimum absolute atomic E-state index is 0.115. The van der Waals surface area contributed by atoms with Gasteiger partial charge in [0.2, 0.25) is 0 Å². The van der Waals surface area contributed by atoms with E-state index in [4.69, 9.17) is 4.74 Å². The Bertz CT molecular complexity index is 609. The maximum Gasteiger partial charge on any atom is 0.127 e. The molecule has 0 aliphatic rings. The number of benzene rings is 2. The molecule has 0 saturated carbocycles. The summed E-state index contributed by atoms with van der Waals surface area (Å²) < 4.78 is 5.53. The Hall–Kier alpha value is -2.09. The summed E-state index contributed by atoms with van der Waals surface area (Å²) in [5.41, 5.74) is 5.70. The Labute approximate surface area is 120 Å². The van der Waals surface area contributed by atoms with Crippen molar-refractivity contribution in [2.45, 2.75) is 26.7 Å². The van der Waals surface area contributed by atoms with Crippen LogP contribution in [0.15, 0.2) is 36.4 Å². The van der Waals surface area contributed by atoms with Crippen LogP contribution in [0.2, 0.25) is 0 Å². The van der Waals surface area contributed by atoms with Crippen LogP contribution in [0.5, 0.6) is 5.75 Å². The number of aryl methyl sites for hydroxylation is 2. The lowest BCUT2D eigenvalue weighted by molar-refractivity contribution is -0.108. The van der Waals surface area contributed by atoms with Crippen LogP contribution in [0, 0.1) is 13.8 Å². The molecule has 1 atom stereocenters. The highest BCUT2D eigenvalue weighted by atomic mass is 16.5. The van der Waals surface area contributed by atoms with Crippen LogP contribution >= 0.6 is 0 Å². The van der Waals surface area contributed by atoms with E-state index in [-0.39, 0.29) is 5.92 Å². The summed E-state index contributed by atoms with van der Waals surface area (Å²) in [4.78, 5) is 10.9. The first-order valence-electron chi connectivity index (χ1n) is 6.78. The van der Waals surface area contributed by atoms with Gasteiger partial charge in [-0.1, -0.05) is 37.3 Å². The van der Waals surface area contributed by atoms with E-state index in [1.165, 1.54) is 16.7 Å². The van der Waals surface area contributed by atoms with Crippen LogP contribution in [-0.4, -0.2) is 13.4 Å². The van der Waals surface area contributed by atoms with Crippen molar-refractivity contribution in [3.8, 4) is 16.9 Å². The first-order valence-corrected chi connectivity index (χ1v) is 6.78. The molecule has 0 saturated heterocycles. The van der Waals surface area contributed by atoms with E-state index >= 15 is 0 Å². The van der Waals surface area contributed by atoms with Gasteiger partial charge in [0, 0.05) is 11.5 Å². The molecule has 2 rings (SSSR count). The van der Waals surface area contributed by atoms with Crippen LogP contribution in [0.25, 0.3) is 11.1 Å². The lowest BCUT2D eigenvalue weighted by Crippen LogP contribution is -1.98. The molecule has 2 aromatic rings. The molecule has 0 unspecified atom stereocenters. The molecule has 0 spiro atoms. The smallest absolute Gasteiger partial charge is 0.127 e. The zero-order valence-corrected chi connectivity index (χ0v) is 12.4. The Morgan fingerprint density at radius 2 is 1.75 bits per heavy atom. The largest absolute Gasteiger partial charge is 0.496 e. The standard InChI is InChI=1S/C18H20O2/c1-12-6-5-7-13(2)18(12)16-9-8-15(14(3)11-19)10-17(16)20-4/h5-11,14H,1-4H3/t14-/m1/s1. The summed E-state index contributed by atoms with van der Waals surface area (Å²) in [6.45, 7) is 6.09. The van der Waals surface area contributed by atoms with Crippen molar-refractivity contribution in [2.24, 2.45) is 0 Å². The molecule has 0 aliphatic carbocycles. The molecule has 0 aromatic heterocycles. The molecule has 0 N–H and O–H groups in total. The van der Waals surface area contributed by atoms with Gasteiger partial charge in [-0.25, -0.2) is 0 Å². The Morgan fingerprint density at radius 1 is 1.10 bits per heavy atom. The van der Waals surface area contributed by atoms with Crippen molar-refractivity contribution in [3.05, 3.63) is 53.1 Å². The number of methoxy groups -OCH3 is 1. The van der Waals surface area contributed by atoms with Crippen molar-refractivity contribution in [2.75, 3.05) is 7.11 Å². The predicted octanol–water partition coefficient (Wildman–Crippen LogP) is 4.28. The van der Waals surface area contributed by atoms with E-state index in [0.29, 0.717) is 0 Å². The van der Waals surface area contributed by atoms with Crippen molar-refractivity contribution in [3.63, 3.8) is 0 Å². The van der Waals surface area contributed by atoms with Gasteiger partial charge in [0.25, 0.3) is 0 Å². The Balaban J connectivity index is 2.60. The molecule has 0 radical (unpaired) electrons. The van der Waals surface area contributed by atoms with Crippen molar-refractivity contribution in [1.82, 2.24) is 0 Å². The van der Waals surface area contributed by atoms with Crippen molar-refractivity contribution >= 4 is 6.29 Å². The van der Waals surface area contributed by atoms with E-state index in [1.54, 1.807) is 7.11 Å². The predicted molar refractivity (Wildman–Crippen MR) is 82.4 cm³/mol. The Kier molecular flexibility index (Phi) is 4.23. The number of aldehydes is 1. The summed E-state index contributed by atoms with van der Waals surface area (Å²) in [5.74, 6) is 0.699. The average molecular weight is 268 g/mol. The van der Waals surface area contributed by atoms with Gasteiger partial charge in [0.15, 0.2) is 0 Å². The number of ether oxygens (including phenoxy) is 1. The van der Waals surface area contributed by atoms with Crippen LogP contribution < -0.4 is 4.74 Å². The monoisotopic (exact) mass is 268 g/mol. The van der Waals surface area contributed by atoms with Gasteiger partial charge in [0.05, 0.1) is 7.11 Å². The lowest BCUT2D eigenvalue weighted by atomic mass is 9.92. The second kappa shape index (κ2) is 5.91. The summed E-state index contributed by atoms with van der Waals surface area (Å²) in [6.07, 6.45) is 0.952. The highest BCUT2D eigenvalue weighted by Gasteiger charge is 2.13. The fourth-order valence-corrected chi connectivity index (χ4v) is 2.52. The lowest BCUT2D eigenvalue weighted by Gasteiger charge is -2.16. The number of hydrogen-bond donors (Lipinski definition) is 0. The highest BCUT2D eigenvalue weighted by Crippen LogP contribution is 2.36. The van der Waals surface area contributed by atoms with Crippen LogP contribution in [0.4, 0.5) is 0 Å². The molecular formula is C18H20O2. The van der Waals surface area contributed by atoms with E-state index in [2.05, 4.69) is 32.0 Å². The number of carbonyl (C=O) groups excluding carboxylic acids is 1. The Morgan fingerprint density at radius 3 is 2.30 bits per heavy atom. The van der Waals surface area contributed by atoms with Gasteiger partial charge < -0.3 is 9.53 Å². The molecule has 0 amide bonds. The van der Waals surface area contributed by atoms with Gasteiger partial charge in [-0.15, -0.1) is 0 Å². The third-order valence-electron chi connectivity index (χ3n) is 3.71. The molecule has 0 aliphatic heterocycles. The number of carbonyl (C=O) groups is 1. The van der Waals surface area contributed by atoms with Gasteiger partial charge in [-0.3, -0.25) is 0 Å². The fraction of sp³-hybridized carbons (Fsp3) is 0.278. The summed E-state index contributed by atoms with van der Waals surface area (Å²) in [6, 6.07) is 12.3. The minimum Gasteiger partial charge on any atom is -0.496 e. The summed E-state index contributed by atoms with van der Waals surface area (Å²) >= 11 is 0. The van der Waals surface area contributed by atoms with Gasteiger partial charge >= 0.3 is 0 Å². The van der Waals surface area contributed by atoms with E-state index in [9.17, 15) is 4.79 Å². The molecule has 104 valence electrons. The van der Waals surface area contributed by atoms with E-state index in [0.717, 1.165) is 23.2 Å². The third-order valence-corrected chi connectivity index (χ3v) is 3.71. The maximum absolute atomic E-state index is 10.9. The van der Waals surface area contributed by atoms with Gasteiger partial charge in [0.1, 0.15) is 12.0 Å². The zero-order valence-electron chi connectivity index (χ0n) is 12.4. The molecule has 0 heterocycles. The fourth-order valence-electron chi connectivity index (χ4n) is 2.52. The van der Waals surface area contributed by atoms with Crippen molar-refractivity contribution in [1.29, 1.82) is 0 Å². The minimum atomic E-state index is -0.115. The quantitative estimate of drug-likeness (QED) is 0.774. The maximum atomic E-state index is 10.9. The van der Waals surface area contributed by atoms with Crippen LogP contribution in [-0.2, 0) is 4.79 Å². The SMILES string of the molecule is COc1cc([C@H](C)C=O)ccc1-c1c(C)cccc1C. The van der Waals surface area contributed by atoms with E-state index < -0.39 is 0 Å². The normalized spacial score (nSPS) is 12.0. The highest BCUT2D eigenvalue weighted by molar-refractivity contribution is 5.77. The molecule has 2 nitrogen and oxygen atoms in total. The van der Waals surface area contributed by atoms with Crippen molar-refractivity contribution < 1.29 is 9.53 Å². The van der Waals surface area contributed by atoms with Crippen LogP contribution in [0.3, 0.4) is 0 Å². The summed E-state index contributed by atoms with van der Waals surface area (Å²) in [7, 11) is 1.67. The average Bonchev–Trinajstić information content (AvgIpc) is 2.46. The molecular weight excluding hydrogens is 248 g/mol. The van der Waals surface area contributed by atoms with Crippen LogP contribution in [0.1, 0.15) is 29.5 Å². The molecule has 2 aromatic carbocycles.